The van der Waals surface area contributed by atoms with E-state index in [0.29, 0.717) is 24.1 Å². The van der Waals surface area contributed by atoms with E-state index < -0.39 is 0 Å². The van der Waals surface area contributed by atoms with E-state index in [2.05, 4.69) is 9.88 Å². The molecule has 164 valence electrons. The van der Waals surface area contributed by atoms with Gasteiger partial charge in [-0.25, -0.2) is 9.37 Å². The number of hydrogen-bond donors (Lipinski definition) is 0. The van der Waals surface area contributed by atoms with Gasteiger partial charge < -0.3 is 4.90 Å². The van der Waals surface area contributed by atoms with Crippen molar-refractivity contribution in [2.24, 2.45) is 5.92 Å². The van der Waals surface area contributed by atoms with Gasteiger partial charge in [-0.05, 0) is 36.1 Å². The van der Waals surface area contributed by atoms with Gasteiger partial charge in [-0.1, -0.05) is 36.4 Å². The van der Waals surface area contributed by atoms with Crippen LogP contribution < -0.4 is 0 Å². The van der Waals surface area contributed by atoms with Crippen LogP contribution in [-0.4, -0.2) is 58.7 Å². The zero-order chi connectivity index (χ0) is 22.1. The molecule has 1 saturated carbocycles. The highest BCUT2D eigenvalue weighted by atomic mass is 32.1. The maximum Gasteiger partial charge on any atom is 0.282 e. The van der Waals surface area contributed by atoms with Crippen LogP contribution in [0.4, 0.5) is 4.39 Å². The third kappa shape index (κ3) is 4.23. The molecule has 0 N–H and O–H groups in total. The molecule has 0 bridgehead atoms. The first kappa shape index (κ1) is 21.0. The van der Waals surface area contributed by atoms with Gasteiger partial charge in [0.15, 0.2) is 10.8 Å². The van der Waals surface area contributed by atoms with Crippen LogP contribution in [0, 0.1) is 11.7 Å². The van der Waals surface area contributed by atoms with Crippen molar-refractivity contribution in [1.82, 2.24) is 14.8 Å². The third-order valence-corrected chi connectivity index (χ3v) is 7.33. The maximum atomic E-state index is 13.1. The summed E-state index contributed by atoms with van der Waals surface area (Å²) in [6.07, 6.45) is 3.41. The maximum absolute atomic E-state index is 13.1. The summed E-state index contributed by atoms with van der Waals surface area (Å²) in [7, 11) is 0. The Hall–Kier alpha value is -2.90. The Morgan fingerprint density at radius 2 is 1.53 bits per heavy atom. The molecule has 0 unspecified atom stereocenters. The number of Topliss-reactive ketones (excluding diaryl/α,β-unsaturated/α-hetero) is 1. The summed E-state index contributed by atoms with van der Waals surface area (Å²) in [4.78, 5) is 33.7. The number of rotatable bonds is 5. The second kappa shape index (κ2) is 8.92. The van der Waals surface area contributed by atoms with E-state index in [9.17, 15) is 14.0 Å². The molecule has 2 fully saturated rings. The lowest BCUT2D eigenvalue weighted by Crippen LogP contribution is -2.55. The highest BCUT2D eigenvalue weighted by molar-refractivity contribution is 7.11. The quantitative estimate of drug-likeness (QED) is 0.543. The van der Waals surface area contributed by atoms with E-state index in [4.69, 9.17) is 0 Å². The largest absolute Gasteiger partial charge is 0.334 e. The minimum atomic E-state index is -0.257. The van der Waals surface area contributed by atoms with Crippen molar-refractivity contribution in [1.29, 1.82) is 0 Å². The van der Waals surface area contributed by atoms with Crippen molar-refractivity contribution in [2.45, 2.75) is 18.9 Å². The molecule has 2 heterocycles. The summed E-state index contributed by atoms with van der Waals surface area (Å²) in [6.45, 7) is 3.10. The predicted octanol–water partition coefficient (Wildman–Crippen LogP) is 4.37. The molecule has 0 spiro atoms. The summed E-state index contributed by atoms with van der Waals surface area (Å²) >= 11 is 1.38. The number of carbonyl (C=O) groups excluding carboxylic acids is 2. The molecule has 32 heavy (non-hydrogen) atoms. The fourth-order valence-corrected chi connectivity index (χ4v) is 5.16. The highest BCUT2D eigenvalue weighted by Crippen LogP contribution is 2.35. The fraction of sp³-hybridized carbons (Fsp3) is 0.320. The van der Waals surface area contributed by atoms with Crippen molar-refractivity contribution in [2.75, 3.05) is 26.2 Å². The van der Waals surface area contributed by atoms with E-state index >= 15 is 0 Å². The van der Waals surface area contributed by atoms with Gasteiger partial charge in [-0.2, -0.15) is 0 Å². The first-order valence-corrected chi connectivity index (χ1v) is 11.8. The van der Waals surface area contributed by atoms with Crippen molar-refractivity contribution < 1.29 is 14.0 Å². The normalized spacial score (nSPS) is 21.2. The molecule has 1 aliphatic carbocycles. The average Bonchev–Trinajstić information content (AvgIpc) is 3.34. The van der Waals surface area contributed by atoms with Crippen molar-refractivity contribution in [3.05, 3.63) is 76.5 Å². The van der Waals surface area contributed by atoms with Crippen LogP contribution in [0.3, 0.4) is 0 Å². The summed E-state index contributed by atoms with van der Waals surface area (Å²) in [5.41, 5.74) is 2.64. The van der Waals surface area contributed by atoms with Gasteiger partial charge in [0.1, 0.15) is 5.82 Å². The summed E-state index contributed by atoms with van der Waals surface area (Å²) < 4.78 is 13.1. The van der Waals surface area contributed by atoms with Gasteiger partial charge in [0.05, 0.1) is 0 Å². The minimum absolute atomic E-state index is 0.0189. The number of amides is 1. The standard InChI is InChI=1S/C25H24FN3O2S/c26-21-7-5-18(6-8-21)17-1-3-19(4-2-17)23(30)20-15-22(16-20)28-10-12-29(13-11-28)25(31)24-27-9-14-32-24/h1-9,14,20,22H,10-13,15-16H2. The lowest BCUT2D eigenvalue weighted by Gasteiger charge is -2.45. The number of nitrogens with zero attached hydrogens (tertiary/aromatic N) is 3. The molecule has 2 aliphatic rings. The molecule has 2 aromatic carbocycles. The molecule has 1 amide bonds. The van der Waals surface area contributed by atoms with Crippen molar-refractivity contribution in [3.63, 3.8) is 0 Å². The van der Waals surface area contributed by atoms with E-state index in [0.717, 1.165) is 42.6 Å². The number of aromatic nitrogens is 1. The van der Waals surface area contributed by atoms with Crippen LogP contribution in [0.15, 0.2) is 60.1 Å². The molecule has 1 aliphatic heterocycles. The Morgan fingerprint density at radius 1 is 0.906 bits per heavy atom. The number of hydrogen-bond acceptors (Lipinski definition) is 5. The highest BCUT2D eigenvalue weighted by Gasteiger charge is 2.39. The number of carbonyl (C=O) groups is 2. The zero-order valence-electron chi connectivity index (χ0n) is 17.6. The van der Waals surface area contributed by atoms with Gasteiger partial charge in [0.25, 0.3) is 5.91 Å². The van der Waals surface area contributed by atoms with E-state index in [1.165, 1.54) is 23.5 Å². The summed E-state index contributed by atoms with van der Waals surface area (Å²) in [5.74, 6) is 0.0224. The van der Waals surface area contributed by atoms with Crippen LogP contribution in [-0.2, 0) is 0 Å². The number of piperazine rings is 1. The predicted molar refractivity (Wildman–Crippen MR) is 122 cm³/mol. The van der Waals surface area contributed by atoms with Crippen molar-refractivity contribution in [3.8, 4) is 11.1 Å². The van der Waals surface area contributed by atoms with Gasteiger partial charge >= 0.3 is 0 Å². The molecule has 1 aromatic heterocycles. The number of benzene rings is 2. The molecule has 5 nitrogen and oxygen atoms in total. The Morgan fingerprint density at radius 3 is 2.12 bits per heavy atom. The Kier molecular flexibility index (Phi) is 5.85. The Labute approximate surface area is 190 Å². The summed E-state index contributed by atoms with van der Waals surface area (Å²) in [6, 6.07) is 14.4. The summed E-state index contributed by atoms with van der Waals surface area (Å²) in [5, 5.41) is 2.38. The molecule has 0 atom stereocenters. The van der Waals surface area contributed by atoms with Crippen molar-refractivity contribution >= 4 is 23.0 Å². The SMILES string of the molecule is O=C(c1ccc(-c2ccc(F)cc2)cc1)C1CC(N2CCN(C(=O)c3nccs3)CC2)C1. The van der Waals surface area contributed by atoms with Gasteiger partial charge in [-0.15, -0.1) is 11.3 Å². The fourth-order valence-electron chi connectivity index (χ4n) is 4.56. The van der Waals surface area contributed by atoms with Crippen LogP contribution in [0.5, 0.6) is 0 Å². The average molecular weight is 450 g/mol. The molecular formula is C25H24FN3O2S. The van der Waals surface area contributed by atoms with Crippen LogP contribution >= 0.6 is 11.3 Å². The van der Waals surface area contributed by atoms with E-state index in [1.807, 2.05) is 34.5 Å². The van der Waals surface area contributed by atoms with Gasteiger partial charge in [0, 0.05) is 55.3 Å². The monoisotopic (exact) mass is 449 g/mol. The zero-order valence-corrected chi connectivity index (χ0v) is 18.4. The molecular weight excluding hydrogens is 425 g/mol. The first-order valence-electron chi connectivity index (χ1n) is 10.9. The number of ketones is 1. The molecule has 0 radical (unpaired) electrons. The molecule has 1 saturated heterocycles. The lowest BCUT2D eigenvalue weighted by atomic mass is 9.74. The lowest BCUT2D eigenvalue weighted by molar-refractivity contribution is 0.0286. The Bertz CT molecular complexity index is 1090. The first-order chi connectivity index (χ1) is 15.6. The van der Waals surface area contributed by atoms with Crippen LogP contribution in [0.1, 0.15) is 33.0 Å². The van der Waals surface area contributed by atoms with Crippen LogP contribution in [0.2, 0.25) is 0 Å². The number of thiazole rings is 1. The smallest absolute Gasteiger partial charge is 0.282 e. The van der Waals surface area contributed by atoms with Crippen LogP contribution in [0.25, 0.3) is 11.1 Å². The third-order valence-electron chi connectivity index (χ3n) is 6.56. The van der Waals surface area contributed by atoms with E-state index in [-0.39, 0.29) is 23.4 Å². The number of halogens is 1. The van der Waals surface area contributed by atoms with E-state index in [1.54, 1.807) is 18.3 Å². The second-order valence-corrected chi connectivity index (χ2v) is 9.33. The molecule has 5 rings (SSSR count). The topological polar surface area (TPSA) is 53.5 Å². The molecule has 3 aromatic rings. The molecule has 7 heteroatoms. The van der Waals surface area contributed by atoms with Gasteiger partial charge in [0.2, 0.25) is 0 Å². The second-order valence-electron chi connectivity index (χ2n) is 8.44. The minimum Gasteiger partial charge on any atom is -0.334 e. The Balaban J connectivity index is 1.12. The van der Waals surface area contributed by atoms with Gasteiger partial charge in [-0.3, -0.25) is 14.5 Å².